The van der Waals surface area contributed by atoms with Gasteiger partial charge < -0.3 is 20.6 Å². The van der Waals surface area contributed by atoms with Crippen molar-refractivity contribution in [3.05, 3.63) is 98.0 Å². The summed E-state index contributed by atoms with van der Waals surface area (Å²) in [6.45, 7) is -0.284. The molecule has 1 aliphatic rings. The number of nitrogens with one attached hydrogen (secondary N) is 2. The first-order valence-electron chi connectivity index (χ1n) is 12.9. The number of carbonyl (C=O) groups excluding carboxylic acids is 3. The van der Waals surface area contributed by atoms with Gasteiger partial charge in [0, 0.05) is 25.0 Å². The van der Waals surface area contributed by atoms with Crippen LogP contribution in [-0.4, -0.2) is 42.4 Å². The molecule has 4 rings (SSSR count). The van der Waals surface area contributed by atoms with Gasteiger partial charge in [-0.25, -0.2) is 4.79 Å². The molecule has 0 radical (unpaired) electrons. The number of Topliss-reactive ketones (excluding diaryl/α,β-unsaturated/α-hetero) is 1. The number of carboxylic acid groups (broad SMARTS) is 1. The van der Waals surface area contributed by atoms with Crippen molar-refractivity contribution in [2.24, 2.45) is 5.92 Å². The lowest BCUT2D eigenvalue weighted by Gasteiger charge is -2.21. The number of carboxylic acids is 1. The molecule has 3 N–H and O–H groups in total. The summed E-state index contributed by atoms with van der Waals surface area (Å²) in [7, 11) is 1.52. The van der Waals surface area contributed by atoms with Gasteiger partial charge in [-0.05, 0) is 53.8 Å². The van der Waals surface area contributed by atoms with E-state index >= 15 is 0 Å². The Kier molecular flexibility index (Phi) is 9.91. The number of carbonyl (C=O) groups is 4. The number of aryl methyl sites for hydroxylation is 1. The van der Waals surface area contributed by atoms with Crippen LogP contribution in [0.15, 0.2) is 60.7 Å². The SMILES string of the molecule is CN(C(=O)Cc1cccc(Cl)c1)c1ccc(Cl)c(C(=O)C[C@@H](CNC(=O)N[C@@H]2CCc3ccccc32)C(=O)O)c1Cl. The van der Waals surface area contributed by atoms with Crippen LogP contribution in [0.2, 0.25) is 15.1 Å². The van der Waals surface area contributed by atoms with Gasteiger partial charge in [-0.1, -0.05) is 71.2 Å². The lowest BCUT2D eigenvalue weighted by molar-refractivity contribution is -0.141. The number of nitrogens with zero attached hydrogens (tertiary/aromatic N) is 1. The van der Waals surface area contributed by atoms with E-state index in [-0.39, 0.29) is 46.2 Å². The van der Waals surface area contributed by atoms with Gasteiger partial charge in [0.25, 0.3) is 0 Å². The zero-order chi connectivity index (χ0) is 29.7. The van der Waals surface area contributed by atoms with E-state index in [1.807, 2.05) is 24.3 Å². The maximum absolute atomic E-state index is 13.3. The smallest absolute Gasteiger partial charge is 0.315 e. The second-order valence-electron chi connectivity index (χ2n) is 9.82. The summed E-state index contributed by atoms with van der Waals surface area (Å²) in [6.07, 6.45) is 1.16. The van der Waals surface area contributed by atoms with Crippen molar-refractivity contribution in [3.8, 4) is 0 Å². The third kappa shape index (κ3) is 7.38. The van der Waals surface area contributed by atoms with E-state index in [1.165, 1.54) is 29.6 Å². The maximum atomic E-state index is 13.3. The molecule has 0 bridgehead atoms. The number of likely N-dealkylation sites (N-methyl/N-ethyl adjacent to an activating group) is 1. The highest BCUT2D eigenvalue weighted by Gasteiger charge is 2.28. The zero-order valence-corrected chi connectivity index (χ0v) is 24.4. The summed E-state index contributed by atoms with van der Waals surface area (Å²) in [6, 6.07) is 17.0. The van der Waals surface area contributed by atoms with Crippen molar-refractivity contribution in [1.82, 2.24) is 10.6 Å². The van der Waals surface area contributed by atoms with Crippen LogP contribution in [0.25, 0.3) is 0 Å². The molecule has 0 spiro atoms. The number of halogens is 3. The molecule has 0 aliphatic heterocycles. The number of ketones is 1. The fourth-order valence-corrected chi connectivity index (χ4v) is 5.76. The number of rotatable bonds is 10. The second kappa shape index (κ2) is 13.4. The van der Waals surface area contributed by atoms with Crippen LogP contribution >= 0.6 is 34.8 Å². The fourth-order valence-electron chi connectivity index (χ4n) is 4.84. The Morgan fingerprint density at radius 2 is 1.78 bits per heavy atom. The van der Waals surface area contributed by atoms with Crippen molar-refractivity contribution >= 4 is 64.2 Å². The zero-order valence-electron chi connectivity index (χ0n) is 22.1. The molecule has 0 unspecified atom stereocenters. The highest BCUT2D eigenvalue weighted by molar-refractivity contribution is 6.42. The van der Waals surface area contributed by atoms with E-state index in [2.05, 4.69) is 10.6 Å². The molecule has 3 aromatic carbocycles. The minimum atomic E-state index is -1.26. The molecule has 41 heavy (non-hydrogen) atoms. The lowest BCUT2D eigenvalue weighted by Crippen LogP contribution is -2.41. The molecule has 8 nitrogen and oxygen atoms in total. The van der Waals surface area contributed by atoms with Crippen LogP contribution in [0, 0.1) is 5.92 Å². The summed E-state index contributed by atoms with van der Waals surface area (Å²) >= 11 is 18.9. The van der Waals surface area contributed by atoms with Gasteiger partial charge >= 0.3 is 12.0 Å². The number of amides is 3. The molecule has 0 aromatic heterocycles. The summed E-state index contributed by atoms with van der Waals surface area (Å²) in [5.74, 6) is -3.43. The van der Waals surface area contributed by atoms with E-state index in [9.17, 15) is 24.3 Å². The molecule has 3 aromatic rings. The van der Waals surface area contributed by atoms with Gasteiger partial charge in [0.1, 0.15) is 0 Å². The Labute approximate surface area is 252 Å². The summed E-state index contributed by atoms with van der Waals surface area (Å²) in [4.78, 5) is 52.0. The summed E-state index contributed by atoms with van der Waals surface area (Å²) in [5, 5.41) is 15.6. The number of hydrogen-bond acceptors (Lipinski definition) is 4. The average molecular weight is 617 g/mol. The Balaban J connectivity index is 1.41. The molecule has 3 amide bonds. The molecule has 0 saturated heterocycles. The number of aliphatic carboxylic acids is 1. The van der Waals surface area contributed by atoms with E-state index in [1.54, 1.807) is 24.3 Å². The normalized spacial score (nSPS) is 14.6. The highest BCUT2D eigenvalue weighted by atomic mass is 35.5. The molecule has 214 valence electrons. The Hall–Kier alpha value is -3.59. The van der Waals surface area contributed by atoms with Gasteiger partial charge in [-0.2, -0.15) is 0 Å². The third-order valence-corrected chi connectivity index (χ3v) is 7.99. The van der Waals surface area contributed by atoms with E-state index in [0.717, 1.165) is 18.4 Å². The lowest BCUT2D eigenvalue weighted by atomic mass is 9.97. The Morgan fingerprint density at radius 1 is 1.02 bits per heavy atom. The topological polar surface area (TPSA) is 116 Å². The van der Waals surface area contributed by atoms with Crippen molar-refractivity contribution in [1.29, 1.82) is 0 Å². The second-order valence-corrected chi connectivity index (χ2v) is 11.0. The summed E-state index contributed by atoms with van der Waals surface area (Å²) < 4.78 is 0. The molecule has 1 aliphatic carbocycles. The maximum Gasteiger partial charge on any atom is 0.315 e. The van der Waals surface area contributed by atoms with Crippen molar-refractivity contribution in [2.45, 2.75) is 31.7 Å². The molecular weight excluding hydrogens is 589 g/mol. The first-order chi connectivity index (χ1) is 19.5. The summed E-state index contributed by atoms with van der Waals surface area (Å²) in [5.41, 5.74) is 3.06. The highest BCUT2D eigenvalue weighted by Crippen LogP contribution is 2.35. The number of benzene rings is 3. The predicted octanol–water partition coefficient (Wildman–Crippen LogP) is 6.11. The van der Waals surface area contributed by atoms with Crippen molar-refractivity contribution < 1.29 is 24.3 Å². The first kappa shape index (κ1) is 30.4. The van der Waals surface area contributed by atoms with Crippen molar-refractivity contribution in [3.63, 3.8) is 0 Å². The van der Waals surface area contributed by atoms with Crippen LogP contribution in [0.1, 0.15) is 45.9 Å². The Bertz CT molecular complexity index is 1500. The molecular formula is C30H28Cl3N3O5. The van der Waals surface area contributed by atoms with Gasteiger partial charge in [-0.15, -0.1) is 0 Å². The number of hydrogen-bond donors (Lipinski definition) is 3. The third-order valence-electron chi connectivity index (χ3n) is 7.06. The number of fused-ring (bicyclic) bond motifs is 1. The molecule has 0 saturated carbocycles. The first-order valence-corrected chi connectivity index (χ1v) is 14.1. The predicted molar refractivity (Wildman–Crippen MR) is 159 cm³/mol. The average Bonchev–Trinajstić information content (AvgIpc) is 3.33. The van der Waals surface area contributed by atoms with Crippen LogP contribution in [-0.2, 0) is 22.4 Å². The number of urea groups is 1. The van der Waals surface area contributed by atoms with Crippen LogP contribution in [0.5, 0.6) is 0 Å². The van der Waals surface area contributed by atoms with Gasteiger partial charge in [0.05, 0.1) is 39.7 Å². The minimum absolute atomic E-state index is 0.0224. The van der Waals surface area contributed by atoms with Crippen LogP contribution < -0.4 is 15.5 Å². The Morgan fingerprint density at radius 3 is 2.51 bits per heavy atom. The standard InChI is InChI=1S/C30H28Cl3N3O5/c1-36(26(38)14-17-5-4-7-20(31)13-17)24-12-10-22(32)27(28(24)33)25(37)15-19(29(39)40)16-34-30(41)35-23-11-9-18-6-2-3-8-21(18)23/h2-8,10,12-13,19,23H,9,11,14-16H2,1H3,(H,39,40)(H2,34,35,41)/t19-,23+/m0/s1. The largest absolute Gasteiger partial charge is 0.481 e. The van der Waals surface area contributed by atoms with E-state index in [0.29, 0.717) is 10.6 Å². The monoisotopic (exact) mass is 615 g/mol. The van der Waals surface area contributed by atoms with Crippen LogP contribution in [0.3, 0.4) is 0 Å². The van der Waals surface area contributed by atoms with Gasteiger partial charge in [0.2, 0.25) is 5.91 Å². The molecule has 2 atom stereocenters. The fraction of sp³-hybridized carbons (Fsp3) is 0.267. The molecule has 0 heterocycles. The van der Waals surface area contributed by atoms with E-state index in [4.69, 9.17) is 34.8 Å². The molecule has 11 heteroatoms. The van der Waals surface area contributed by atoms with Crippen LogP contribution in [0.4, 0.5) is 10.5 Å². The van der Waals surface area contributed by atoms with Crippen molar-refractivity contribution in [2.75, 3.05) is 18.5 Å². The van der Waals surface area contributed by atoms with Gasteiger partial charge in [-0.3, -0.25) is 14.4 Å². The molecule has 0 fully saturated rings. The quantitative estimate of drug-likeness (QED) is 0.238. The van der Waals surface area contributed by atoms with E-state index < -0.39 is 30.1 Å². The number of anilines is 1. The van der Waals surface area contributed by atoms with Gasteiger partial charge in [0.15, 0.2) is 5.78 Å². The minimum Gasteiger partial charge on any atom is -0.481 e.